The summed E-state index contributed by atoms with van der Waals surface area (Å²) in [5.41, 5.74) is 0. The summed E-state index contributed by atoms with van der Waals surface area (Å²) >= 11 is 0. The average molecular weight is 202 g/mol. The molecule has 10 heavy (non-hydrogen) atoms. The Bertz CT molecular complexity index is 61.4. The first-order chi connectivity index (χ1) is 1.73. The van der Waals surface area contributed by atoms with Gasteiger partial charge in [0.15, 0.2) is 0 Å². The third-order valence-corrected chi connectivity index (χ3v) is 0. The summed E-state index contributed by atoms with van der Waals surface area (Å²) in [7, 11) is -3.12. The molecule has 0 aliphatic heterocycles. The largest absolute Gasteiger partial charge is 0.288 e. The fourth-order valence-corrected chi connectivity index (χ4v) is 0. The fraction of sp³-hybridized carbons (Fsp3) is 0. The van der Waals surface area contributed by atoms with Crippen LogP contribution in [0.5, 0.6) is 0 Å². The molecule has 10 heteroatoms. The highest BCUT2D eigenvalue weighted by molar-refractivity contribution is 7.66. The monoisotopic (exact) mass is 202 g/mol. The van der Waals surface area contributed by atoms with Gasteiger partial charge in [0.2, 0.25) is 0 Å². The lowest BCUT2D eigenvalue weighted by Gasteiger charge is -1.43. The van der Waals surface area contributed by atoms with E-state index in [0.29, 0.717) is 0 Å². The van der Waals surface area contributed by atoms with Gasteiger partial charge in [-0.05, 0) is 0 Å². The predicted octanol–water partition coefficient (Wildman–Crippen LogP) is -0.0142. The van der Waals surface area contributed by atoms with Gasteiger partial charge >= 0.3 is 0 Å². The number of thiol groups is 1. The first-order valence-corrected chi connectivity index (χ1v) is 1.70. The zero-order valence-corrected chi connectivity index (χ0v) is 5.05. The number of hydrogen-bond donors (Lipinski definition) is 2. The second kappa shape index (κ2) is 76.8. The van der Waals surface area contributed by atoms with Crippen LogP contribution in [0.4, 0.5) is 28.2 Å². The smallest absolute Gasteiger partial charge is 0.254 e. The summed E-state index contributed by atoms with van der Waals surface area (Å²) in [4.78, 5) is 0. The van der Waals surface area contributed by atoms with Crippen molar-refractivity contribution in [3.8, 4) is 0 Å². The molecular formula is H8F6O3S. The third kappa shape index (κ3) is 1210. The molecule has 0 aromatic carbocycles. The zero-order valence-electron chi connectivity index (χ0n) is 4.16. The number of rotatable bonds is 0. The van der Waals surface area contributed by atoms with Crippen molar-refractivity contribution < 1.29 is 41.2 Å². The van der Waals surface area contributed by atoms with Gasteiger partial charge in [-0.3, -0.25) is 32.8 Å². The van der Waals surface area contributed by atoms with Crippen LogP contribution in [0, 0.1) is 0 Å². The van der Waals surface area contributed by atoms with Crippen LogP contribution < -0.4 is 0 Å². The lowest BCUT2D eigenvalue weighted by molar-refractivity contribution is 0.509. The van der Waals surface area contributed by atoms with E-state index in [1.807, 2.05) is 0 Å². The molecule has 0 aliphatic rings. The van der Waals surface area contributed by atoms with Crippen LogP contribution in [-0.2, 0) is 11.0 Å². The van der Waals surface area contributed by atoms with Crippen molar-refractivity contribution in [1.29, 1.82) is 0 Å². The molecule has 0 fully saturated rings. The predicted molar refractivity (Wildman–Crippen MR) is 28.0 cm³/mol. The van der Waals surface area contributed by atoms with Crippen LogP contribution in [-0.4, -0.2) is 13.0 Å². The van der Waals surface area contributed by atoms with Crippen molar-refractivity contribution in [3.05, 3.63) is 0 Å². The van der Waals surface area contributed by atoms with E-state index >= 15 is 0 Å². The van der Waals surface area contributed by atoms with Gasteiger partial charge in [-0.25, -0.2) is 8.42 Å². The number of hydrogen-bond acceptors (Lipinski definition) is 2. The highest BCUT2D eigenvalue weighted by Gasteiger charge is 1.44. The first kappa shape index (κ1) is 110. The molecule has 0 aromatic heterocycles. The fourth-order valence-electron chi connectivity index (χ4n) is 0. The molecule has 0 atom stereocenters. The van der Waals surface area contributed by atoms with Gasteiger partial charge in [-0.2, -0.15) is 0 Å². The number of halogens is 6. The van der Waals surface area contributed by atoms with Crippen molar-refractivity contribution in [2.75, 3.05) is 0 Å². The summed E-state index contributed by atoms with van der Waals surface area (Å²) in [6, 6.07) is 0. The molecular weight excluding hydrogens is 194 g/mol. The van der Waals surface area contributed by atoms with E-state index in [-0.39, 0.29) is 28.2 Å². The van der Waals surface area contributed by atoms with Crippen LogP contribution in [0.25, 0.3) is 0 Å². The Labute approximate surface area is 53.4 Å². The lowest BCUT2D eigenvalue weighted by Crippen LogP contribution is -1.58. The quantitative estimate of drug-likeness (QED) is 0.330. The first-order valence-electron chi connectivity index (χ1n) is 0.565. The van der Waals surface area contributed by atoms with E-state index in [0.717, 1.165) is 0 Å². The SMILES string of the molecule is F.F.F.F.F.F.O=[SH](=O)O. The van der Waals surface area contributed by atoms with Gasteiger partial charge in [-0.15, -0.1) is 0 Å². The van der Waals surface area contributed by atoms with E-state index in [2.05, 4.69) is 0 Å². The van der Waals surface area contributed by atoms with Crippen molar-refractivity contribution in [2.24, 2.45) is 0 Å². The molecule has 3 nitrogen and oxygen atoms in total. The van der Waals surface area contributed by atoms with Gasteiger partial charge in [0.25, 0.3) is 11.0 Å². The van der Waals surface area contributed by atoms with E-state index in [4.69, 9.17) is 13.0 Å². The Morgan fingerprint density at radius 1 is 0.700 bits per heavy atom. The van der Waals surface area contributed by atoms with Gasteiger partial charge in [0.1, 0.15) is 0 Å². The average Bonchev–Trinajstić information content (AvgIpc) is 0.811. The molecule has 1 N–H and O–H groups in total. The van der Waals surface area contributed by atoms with Gasteiger partial charge in [-0.1, -0.05) is 0 Å². The van der Waals surface area contributed by atoms with Crippen LogP contribution in [0.3, 0.4) is 0 Å². The molecule has 0 amide bonds. The van der Waals surface area contributed by atoms with Crippen LogP contribution in [0.2, 0.25) is 0 Å². The van der Waals surface area contributed by atoms with Gasteiger partial charge in [0, 0.05) is 0 Å². The van der Waals surface area contributed by atoms with Gasteiger partial charge in [0.05, 0.1) is 0 Å². The van der Waals surface area contributed by atoms with Gasteiger partial charge < -0.3 is 0 Å². The summed E-state index contributed by atoms with van der Waals surface area (Å²) < 4.78 is 24.2. The minimum atomic E-state index is -3.12. The molecule has 74 valence electrons. The Morgan fingerprint density at radius 3 is 0.700 bits per heavy atom. The zero-order chi connectivity index (χ0) is 3.58. The maximum absolute atomic E-state index is 8.59. The Hall–Kier alpha value is -0.510. The van der Waals surface area contributed by atoms with Crippen LogP contribution in [0.1, 0.15) is 0 Å². The molecule has 0 spiro atoms. The second-order valence-corrected chi connectivity index (χ2v) is 0.714. The highest BCUT2D eigenvalue weighted by atomic mass is 32.2. The minimum absolute atomic E-state index is 0. The van der Waals surface area contributed by atoms with E-state index in [9.17, 15) is 0 Å². The third-order valence-electron chi connectivity index (χ3n) is 0. The van der Waals surface area contributed by atoms with E-state index in [1.165, 1.54) is 0 Å². The van der Waals surface area contributed by atoms with Crippen LogP contribution >= 0.6 is 0 Å². The molecule has 0 aliphatic carbocycles. The highest BCUT2D eigenvalue weighted by Crippen LogP contribution is 1.27. The van der Waals surface area contributed by atoms with Crippen molar-refractivity contribution in [2.45, 2.75) is 0 Å². The molecule has 0 aromatic rings. The van der Waals surface area contributed by atoms with E-state index in [1.54, 1.807) is 0 Å². The maximum atomic E-state index is 8.59. The topological polar surface area (TPSA) is 54.4 Å². The summed E-state index contributed by atoms with van der Waals surface area (Å²) in [5, 5.41) is 0. The molecule has 0 saturated heterocycles. The van der Waals surface area contributed by atoms with Crippen molar-refractivity contribution >= 4 is 11.0 Å². The molecule has 0 saturated carbocycles. The van der Waals surface area contributed by atoms with Crippen molar-refractivity contribution in [1.82, 2.24) is 0 Å². The molecule has 0 radical (unpaired) electrons. The summed E-state index contributed by atoms with van der Waals surface area (Å²) in [6.45, 7) is 0. The molecule has 0 heterocycles. The second-order valence-electron chi connectivity index (χ2n) is 0.238. The Kier molecular flexibility index (Phi) is 848. The Morgan fingerprint density at radius 2 is 0.700 bits per heavy atom. The molecule has 0 rings (SSSR count). The van der Waals surface area contributed by atoms with Crippen molar-refractivity contribution in [3.63, 3.8) is 0 Å². The standard InChI is InChI=1S/6FH.H2O3S/c;;;;;;1-4(2)3/h6*1H;4H,(H,1,2,3). The normalized spacial score (nSPS) is 3.40. The lowest BCUT2D eigenvalue weighted by atomic mass is 15.9. The maximum Gasteiger partial charge on any atom is 0.254 e. The molecule has 0 unspecified atom stereocenters. The minimum Gasteiger partial charge on any atom is -0.288 e. The molecule has 0 bridgehead atoms. The van der Waals surface area contributed by atoms with Crippen LogP contribution in [0.15, 0.2) is 0 Å². The van der Waals surface area contributed by atoms with E-state index < -0.39 is 11.0 Å². The summed E-state index contributed by atoms with van der Waals surface area (Å²) in [6.07, 6.45) is 0. The summed E-state index contributed by atoms with van der Waals surface area (Å²) in [5.74, 6) is 0. The Balaban J connectivity index is -0.00000000300.